The zero-order chi connectivity index (χ0) is 27.1. The van der Waals surface area contributed by atoms with Crippen molar-refractivity contribution in [1.82, 2.24) is 20.2 Å². The summed E-state index contributed by atoms with van der Waals surface area (Å²) in [6.07, 6.45) is 1.29. The maximum atomic E-state index is 13.7. The molecule has 0 radical (unpaired) electrons. The second kappa shape index (κ2) is 10.2. The molecule has 3 aromatic rings. The molecule has 2 fully saturated rings. The summed E-state index contributed by atoms with van der Waals surface area (Å²) in [5.74, 6) is -1.00. The van der Waals surface area contributed by atoms with Crippen LogP contribution in [-0.2, 0) is 0 Å². The second-order valence-corrected chi connectivity index (χ2v) is 11.7. The van der Waals surface area contributed by atoms with Gasteiger partial charge in [-0.15, -0.1) is 11.3 Å². The first kappa shape index (κ1) is 26.4. The van der Waals surface area contributed by atoms with Gasteiger partial charge in [-0.3, -0.25) is 0 Å². The van der Waals surface area contributed by atoms with Crippen molar-refractivity contribution in [1.29, 1.82) is 0 Å². The highest BCUT2D eigenvalue weighted by molar-refractivity contribution is 7.23. The molecule has 8 nitrogen and oxygen atoms in total. The highest BCUT2D eigenvalue weighted by Gasteiger charge is 2.39. The summed E-state index contributed by atoms with van der Waals surface area (Å²) in [5.41, 5.74) is 1.34. The van der Waals surface area contributed by atoms with Gasteiger partial charge in [-0.2, -0.15) is 0 Å². The number of urea groups is 1. The number of rotatable bonds is 5. The fourth-order valence-electron chi connectivity index (χ4n) is 5.23. The van der Waals surface area contributed by atoms with Crippen molar-refractivity contribution in [3.05, 3.63) is 42.2 Å². The first-order valence-corrected chi connectivity index (χ1v) is 13.7. The molecule has 0 spiro atoms. The van der Waals surface area contributed by atoms with Crippen molar-refractivity contribution in [2.75, 3.05) is 49.6 Å². The van der Waals surface area contributed by atoms with Gasteiger partial charge in [0.1, 0.15) is 17.9 Å². The van der Waals surface area contributed by atoms with E-state index in [1.807, 2.05) is 47.1 Å². The largest absolute Gasteiger partial charge is 0.497 e. The number of carbonyl (C=O) groups is 1. The molecule has 2 aliphatic heterocycles. The number of fused-ring (bicyclic) bond motifs is 1. The first-order chi connectivity index (χ1) is 18.1. The predicted molar refractivity (Wildman–Crippen MR) is 147 cm³/mol. The Balaban J connectivity index is 1.29. The molecule has 2 aromatic heterocycles. The Morgan fingerprint density at radius 3 is 2.58 bits per heavy atom. The van der Waals surface area contributed by atoms with Crippen LogP contribution in [0.1, 0.15) is 45.2 Å². The lowest BCUT2D eigenvalue weighted by Gasteiger charge is -2.47. The van der Waals surface area contributed by atoms with Gasteiger partial charge in [0.25, 0.3) is 5.92 Å². The van der Waals surface area contributed by atoms with Gasteiger partial charge >= 0.3 is 6.03 Å². The van der Waals surface area contributed by atoms with Crippen LogP contribution in [0.25, 0.3) is 10.2 Å². The lowest BCUT2D eigenvalue weighted by molar-refractivity contribution is -0.0219. The van der Waals surface area contributed by atoms with E-state index in [1.54, 1.807) is 24.8 Å². The summed E-state index contributed by atoms with van der Waals surface area (Å²) in [6, 6.07) is 9.39. The molecule has 0 saturated carbocycles. The van der Waals surface area contributed by atoms with Gasteiger partial charge in [0.2, 0.25) is 0 Å². The Morgan fingerprint density at radius 1 is 1.11 bits per heavy atom. The molecule has 2 saturated heterocycles. The Morgan fingerprint density at radius 2 is 1.87 bits per heavy atom. The van der Waals surface area contributed by atoms with E-state index in [0.29, 0.717) is 32.7 Å². The molecule has 1 N–H and O–H groups in total. The maximum Gasteiger partial charge on any atom is 0.318 e. The number of methoxy groups -OCH3 is 1. The third kappa shape index (κ3) is 5.34. The highest BCUT2D eigenvalue weighted by Crippen LogP contribution is 2.40. The maximum absolute atomic E-state index is 13.7. The van der Waals surface area contributed by atoms with E-state index >= 15 is 0 Å². The standard InChI is InChI=1S/C27H34F2N6O2S/c1-18(19-6-5-7-20(14-19)37-4)32-25(36)35-13-12-34(16-26(35,2)3)24-23-21(30-17-31-24)15-22(38-23)33-10-8-27(28,29)9-11-33/h5-7,14-15,17-18H,8-13,16H2,1-4H3,(H,32,36). The molecule has 38 heavy (non-hydrogen) atoms. The molecule has 4 heterocycles. The number of thiophene rings is 1. The number of hydrogen-bond acceptors (Lipinski definition) is 7. The van der Waals surface area contributed by atoms with Crippen LogP contribution in [-0.4, -0.2) is 72.2 Å². The van der Waals surface area contributed by atoms with Crippen LogP contribution in [0, 0.1) is 0 Å². The van der Waals surface area contributed by atoms with Gasteiger partial charge in [-0.25, -0.2) is 23.5 Å². The summed E-state index contributed by atoms with van der Waals surface area (Å²) in [4.78, 5) is 28.5. The number of nitrogens with zero attached hydrogens (tertiary/aromatic N) is 5. The number of hydrogen-bond donors (Lipinski definition) is 1. The third-order valence-electron chi connectivity index (χ3n) is 7.47. The van der Waals surface area contributed by atoms with Crippen LogP contribution in [0.2, 0.25) is 0 Å². The number of benzene rings is 1. The fraction of sp³-hybridized carbons (Fsp3) is 0.519. The third-order valence-corrected chi connectivity index (χ3v) is 8.65. The number of aromatic nitrogens is 2. The summed E-state index contributed by atoms with van der Waals surface area (Å²) in [5, 5.41) is 4.08. The number of amides is 2. The zero-order valence-electron chi connectivity index (χ0n) is 22.2. The summed E-state index contributed by atoms with van der Waals surface area (Å²) in [6.45, 7) is 8.50. The number of piperazine rings is 1. The number of carbonyl (C=O) groups excluding carboxylic acids is 1. The molecular formula is C27H34F2N6O2S. The van der Waals surface area contributed by atoms with Crippen LogP contribution in [0.3, 0.4) is 0 Å². The quantitative estimate of drug-likeness (QED) is 0.470. The van der Waals surface area contributed by atoms with Crippen LogP contribution >= 0.6 is 11.3 Å². The van der Waals surface area contributed by atoms with Gasteiger partial charge in [-0.05, 0) is 44.5 Å². The topological polar surface area (TPSA) is 73.8 Å². The summed E-state index contributed by atoms with van der Waals surface area (Å²) < 4.78 is 33.6. The second-order valence-electron chi connectivity index (χ2n) is 10.7. The molecule has 204 valence electrons. The molecule has 1 atom stereocenters. The van der Waals surface area contributed by atoms with E-state index in [-0.39, 0.29) is 24.9 Å². The minimum atomic E-state index is -2.58. The van der Waals surface area contributed by atoms with Gasteiger partial charge in [0.05, 0.1) is 33.9 Å². The van der Waals surface area contributed by atoms with Gasteiger partial charge in [0.15, 0.2) is 0 Å². The molecule has 2 aliphatic rings. The average Bonchev–Trinajstić information content (AvgIpc) is 3.32. The van der Waals surface area contributed by atoms with Crippen LogP contribution in [0.5, 0.6) is 5.75 Å². The number of nitrogens with one attached hydrogen (secondary N) is 1. The number of alkyl halides is 2. The number of ether oxygens (including phenoxy) is 1. The molecular weight excluding hydrogens is 510 g/mol. The lowest BCUT2D eigenvalue weighted by atomic mass is 9.99. The molecule has 11 heteroatoms. The van der Waals surface area contributed by atoms with Crippen molar-refractivity contribution in [2.24, 2.45) is 0 Å². The van der Waals surface area contributed by atoms with E-state index < -0.39 is 11.5 Å². The van der Waals surface area contributed by atoms with Gasteiger partial charge in [0, 0.05) is 45.6 Å². The minimum absolute atomic E-state index is 0.113. The van der Waals surface area contributed by atoms with Crippen molar-refractivity contribution >= 4 is 38.4 Å². The average molecular weight is 545 g/mol. The Bertz CT molecular complexity index is 1310. The number of piperidine rings is 1. The van der Waals surface area contributed by atoms with Crippen molar-refractivity contribution in [3.8, 4) is 5.75 Å². The highest BCUT2D eigenvalue weighted by atomic mass is 32.1. The van der Waals surface area contributed by atoms with Crippen molar-refractivity contribution in [3.63, 3.8) is 0 Å². The molecule has 1 aromatic carbocycles. The Hall–Kier alpha value is -3.21. The molecule has 0 bridgehead atoms. The molecule has 5 rings (SSSR count). The summed E-state index contributed by atoms with van der Waals surface area (Å²) >= 11 is 1.55. The molecule has 2 amide bonds. The van der Waals surface area contributed by atoms with Crippen LogP contribution in [0.4, 0.5) is 24.4 Å². The fourth-order valence-corrected chi connectivity index (χ4v) is 6.41. The molecule has 0 aliphatic carbocycles. The normalized spacial score (nSPS) is 19.9. The number of halogens is 2. The van der Waals surface area contributed by atoms with E-state index in [0.717, 1.165) is 32.3 Å². The number of anilines is 2. The molecule has 1 unspecified atom stereocenters. The zero-order valence-corrected chi connectivity index (χ0v) is 23.0. The Labute approximate surface area is 225 Å². The smallest absolute Gasteiger partial charge is 0.318 e. The van der Waals surface area contributed by atoms with Gasteiger partial charge in [-0.1, -0.05) is 12.1 Å². The van der Waals surface area contributed by atoms with Crippen LogP contribution < -0.4 is 19.9 Å². The van der Waals surface area contributed by atoms with E-state index in [1.165, 1.54) is 0 Å². The summed E-state index contributed by atoms with van der Waals surface area (Å²) in [7, 11) is 1.63. The Kier molecular flexibility index (Phi) is 7.06. The lowest BCUT2D eigenvalue weighted by Crippen LogP contribution is -2.63. The van der Waals surface area contributed by atoms with E-state index in [4.69, 9.17) is 4.74 Å². The van der Waals surface area contributed by atoms with Crippen LogP contribution in [0.15, 0.2) is 36.7 Å². The SMILES string of the molecule is COc1cccc(C(C)NC(=O)N2CCN(c3ncnc4cc(N5CCC(F)(F)CC5)sc34)CC2(C)C)c1. The van der Waals surface area contributed by atoms with Crippen molar-refractivity contribution in [2.45, 2.75) is 51.1 Å². The van der Waals surface area contributed by atoms with Gasteiger partial charge < -0.3 is 24.8 Å². The van der Waals surface area contributed by atoms with E-state index in [9.17, 15) is 13.6 Å². The van der Waals surface area contributed by atoms with Crippen molar-refractivity contribution < 1.29 is 18.3 Å². The minimum Gasteiger partial charge on any atom is -0.497 e. The van der Waals surface area contributed by atoms with E-state index in [2.05, 4.69) is 34.0 Å². The first-order valence-electron chi connectivity index (χ1n) is 12.9. The predicted octanol–water partition coefficient (Wildman–Crippen LogP) is 5.31. The monoisotopic (exact) mass is 544 g/mol.